The Balaban J connectivity index is 1.31. The fourth-order valence-corrected chi connectivity index (χ4v) is 6.24. The number of carbonyl (C=O) groups excluding carboxylic acids is 2. The van der Waals surface area contributed by atoms with Gasteiger partial charge in [-0.1, -0.05) is 42.1 Å². The SMILES string of the molecule is Cc1sc2nc(SCCCCN3C(=O)c4ccccc4C3=O)n(-c3ccccc3)c(=O)c2c1C. The van der Waals surface area contributed by atoms with Crippen molar-refractivity contribution in [1.82, 2.24) is 14.5 Å². The maximum Gasteiger partial charge on any atom is 0.267 e. The molecule has 0 bridgehead atoms. The van der Waals surface area contributed by atoms with Gasteiger partial charge in [0.05, 0.1) is 22.2 Å². The Morgan fingerprint density at radius 1 is 0.882 bits per heavy atom. The molecule has 0 aliphatic carbocycles. The van der Waals surface area contributed by atoms with Crippen molar-refractivity contribution in [2.24, 2.45) is 0 Å². The van der Waals surface area contributed by atoms with Crippen molar-refractivity contribution in [3.8, 4) is 5.69 Å². The van der Waals surface area contributed by atoms with E-state index in [1.165, 1.54) is 16.7 Å². The van der Waals surface area contributed by atoms with Crippen molar-refractivity contribution in [2.75, 3.05) is 12.3 Å². The second-order valence-electron chi connectivity index (χ2n) is 8.20. The van der Waals surface area contributed by atoms with E-state index in [1.807, 2.05) is 44.2 Å². The standard InChI is InChI=1S/C26H23N3O3S2/c1-16-17(2)34-22-21(16)25(32)29(18-10-4-3-5-11-18)26(27-22)33-15-9-8-14-28-23(30)19-12-6-7-13-20(19)24(28)31/h3-7,10-13H,8-9,14-15H2,1-2H3. The van der Waals surface area contributed by atoms with Crippen LogP contribution in [0.25, 0.3) is 15.9 Å². The quantitative estimate of drug-likeness (QED) is 0.154. The first-order valence-corrected chi connectivity index (χ1v) is 12.9. The number of carbonyl (C=O) groups is 2. The number of aromatic nitrogens is 2. The number of amides is 2. The second-order valence-corrected chi connectivity index (χ2v) is 10.5. The molecule has 0 N–H and O–H groups in total. The van der Waals surface area contributed by atoms with Crippen molar-refractivity contribution in [2.45, 2.75) is 31.8 Å². The molecule has 2 aromatic carbocycles. The third kappa shape index (κ3) is 3.86. The van der Waals surface area contributed by atoms with Crippen molar-refractivity contribution in [3.05, 3.63) is 86.5 Å². The topological polar surface area (TPSA) is 72.3 Å². The molecule has 0 unspecified atom stereocenters. The van der Waals surface area contributed by atoms with Crippen molar-refractivity contribution >= 4 is 45.1 Å². The molecular formula is C26H23N3O3S2. The van der Waals surface area contributed by atoms with Crippen LogP contribution in [0.2, 0.25) is 0 Å². The first-order chi connectivity index (χ1) is 16.5. The molecule has 0 saturated carbocycles. The van der Waals surface area contributed by atoms with E-state index in [4.69, 9.17) is 4.98 Å². The van der Waals surface area contributed by atoms with E-state index in [-0.39, 0.29) is 17.4 Å². The van der Waals surface area contributed by atoms with E-state index in [0.717, 1.165) is 33.1 Å². The zero-order valence-electron chi connectivity index (χ0n) is 18.9. The first kappa shape index (κ1) is 22.6. The lowest BCUT2D eigenvalue weighted by Crippen LogP contribution is -2.30. The highest BCUT2D eigenvalue weighted by Crippen LogP contribution is 2.30. The lowest BCUT2D eigenvalue weighted by atomic mass is 10.1. The number of unbranched alkanes of at least 4 members (excludes halogenated alkanes) is 1. The molecule has 2 aromatic heterocycles. The molecule has 172 valence electrons. The number of para-hydroxylation sites is 1. The molecule has 0 saturated heterocycles. The van der Waals surface area contributed by atoms with E-state index in [0.29, 0.717) is 34.6 Å². The molecule has 3 heterocycles. The number of hydrogen-bond acceptors (Lipinski definition) is 6. The summed E-state index contributed by atoms with van der Waals surface area (Å²) in [6.07, 6.45) is 1.47. The van der Waals surface area contributed by atoms with Crippen LogP contribution in [0.1, 0.15) is 44.0 Å². The molecule has 0 radical (unpaired) electrons. The Hall–Kier alpha value is -3.23. The molecule has 6 nitrogen and oxygen atoms in total. The molecule has 34 heavy (non-hydrogen) atoms. The van der Waals surface area contributed by atoms with Gasteiger partial charge in [-0.25, -0.2) is 4.98 Å². The van der Waals surface area contributed by atoms with E-state index >= 15 is 0 Å². The number of benzene rings is 2. The number of nitrogens with zero attached hydrogens (tertiary/aromatic N) is 3. The Morgan fingerprint density at radius 3 is 2.21 bits per heavy atom. The summed E-state index contributed by atoms with van der Waals surface area (Å²) in [5, 5.41) is 1.34. The van der Waals surface area contributed by atoms with Gasteiger partial charge in [0.25, 0.3) is 17.4 Å². The Bertz CT molecular complexity index is 1440. The minimum Gasteiger partial charge on any atom is -0.274 e. The van der Waals surface area contributed by atoms with Crippen molar-refractivity contribution in [1.29, 1.82) is 0 Å². The smallest absolute Gasteiger partial charge is 0.267 e. The molecule has 0 atom stereocenters. The van der Waals surface area contributed by atoms with Crippen LogP contribution in [0.15, 0.2) is 64.5 Å². The third-order valence-electron chi connectivity index (χ3n) is 6.07. The van der Waals surface area contributed by atoms with E-state index in [2.05, 4.69) is 0 Å². The zero-order valence-corrected chi connectivity index (χ0v) is 20.5. The molecule has 4 aromatic rings. The fourth-order valence-electron chi connectivity index (χ4n) is 4.15. The number of thiophene rings is 1. The zero-order chi connectivity index (χ0) is 23.8. The molecule has 1 aliphatic heterocycles. The summed E-state index contributed by atoms with van der Waals surface area (Å²) in [5.41, 5.74) is 2.69. The third-order valence-corrected chi connectivity index (χ3v) is 8.20. The molecule has 8 heteroatoms. The molecule has 0 spiro atoms. The number of aryl methyl sites for hydroxylation is 2. The minimum absolute atomic E-state index is 0.0495. The number of fused-ring (bicyclic) bond motifs is 2. The van der Waals surface area contributed by atoms with Gasteiger partial charge < -0.3 is 0 Å². The van der Waals surface area contributed by atoms with Gasteiger partial charge in [-0.2, -0.15) is 0 Å². The van der Waals surface area contributed by atoms with Crippen LogP contribution >= 0.6 is 23.1 Å². The van der Waals surface area contributed by atoms with Gasteiger partial charge in [0.15, 0.2) is 5.16 Å². The highest BCUT2D eigenvalue weighted by Gasteiger charge is 2.34. The van der Waals surface area contributed by atoms with Crippen LogP contribution in [0, 0.1) is 13.8 Å². The fraction of sp³-hybridized carbons (Fsp3) is 0.231. The summed E-state index contributed by atoms with van der Waals surface area (Å²) in [6.45, 7) is 4.37. The molecular weight excluding hydrogens is 466 g/mol. The largest absolute Gasteiger partial charge is 0.274 e. The van der Waals surface area contributed by atoms with Gasteiger partial charge in [-0.3, -0.25) is 23.9 Å². The van der Waals surface area contributed by atoms with E-state index < -0.39 is 0 Å². The van der Waals surface area contributed by atoms with Crippen LogP contribution in [-0.4, -0.2) is 38.6 Å². The molecule has 0 fully saturated rings. The Morgan fingerprint density at radius 2 is 1.53 bits per heavy atom. The van der Waals surface area contributed by atoms with Crippen molar-refractivity contribution in [3.63, 3.8) is 0 Å². The predicted molar refractivity (Wildman–Crippen MR) is 136 cm³/mol. The van der Waals surface area contributed by atoms with Gasteiger partial charge in [0.1, 0.15) is 4.83 Å². The first-order valence-electron chi connectivity index (χ1n) is 11.1. The lowest BCUT2D eigenvalue weighted by molar-refractivity contribution is 0.0652. The lowest BCUT2D eigenvalue weighted by Gasteiger charge is -2.14. The summed E-state index contributed by atoms with van der Waals surface area (Å²) >= 11 is 3.07. The summed E-state index contributed by atoms with van der Waals surface area (Å²) in [4.78, 5) is 46.6. The average Bonchev–Trinajstić information content (AvgIpc) is 3.27. The van der Waals surface area contributed by atoms with Gasteiger partial charge in [0, 0.05) is 17.2 Å². The number of rotatable bonds is 7. The Kier molecular flexibility index (Phi) is 6.10. The number of thioether (sulfide) groups is 1. The van der Waals surface area contributed by atoms with E-state index in [1.54, 1.807) is 40.2 Å². The molecule has 2 amide bonds. The number of imide groups is 1. The maximum absolute atomic E-state index is 13.5. The predicted octanol–water partition coefficient (Wildman–Crippen LogP) is 5.23. The molecule has 5 rings (SSSR count). The Labute approximate surface area is 205 Å². The van der Waals surface area contributed by atoms with Gasteiger partial charge in [-0.05, 0) is 56.5 Å². The average molecular weight is 490 g/mol. The van der Waals surface area contributed by atoms with Gasteiger partial charge in [0.2, 0.25) is 0 Å². The number of hydrogen-bond donors (Lipinski definition) is 0. The van der Waals surface area contributed by atoms with Crippen LogP contribution in [0.4, 0.5) is 0 Å². The van der Waals surface area contributed by atoms with Gasteiger partial charge in [-0.15, -0.1) is 11.3 Å². The van der Waals surface area contributed by atoms with Gasteiger partial charge >= 0.3 is 0 Å². The van der Waals surface area contributed by atoms with Crippen LogP contribution in [0.3, 0.4) is 0 Å². The summed E-state index contributed by atoms with van der Waals surface area (Å²) in [6, 6.07) is 16.5. The highest BCUT2D eigenvalue weighted by molar-refractivity contribution is 7.99. The summed E-state index contributed by atoms with van der Waals surface area (Å²) in [7, 11) is 0. The van der Waals surface area contributed by atoms with Crippen molar-refractivity contribution < 1.29 is 9.59 Å². The summed E-state index contributed by atoms with van der Waals surface area (Å²) < 4.78 is 1.69. The van der Waals surface area contributed by atoms with Crippen LogP contribution in [0.5, 0.6) is 0 Å². The minimum atomic E-state index is -0.221. The van der Waals surface area contributed by atoms with Crippen LogP contribution < -0.4 is 5.56 Å². The highest BCUT2D eigenvalue weighted by atomic mass is 32.2. The van der Waals surface area contributed by atoms with Crippen LogP contribution in [-0.2, 0) is 0 Å². The summed E-state index contributed by atoms with van der Waals surface area (Å²) in [5.74, 6) is 0.278. The van der Waals surface area contributed by atoms with E-state index in [9.17, 15) is 14.4 Å². The second kappa shape index (κ2) is 9.19. The normalized spacial score (nSPS) is 13.2. The maximum atomic E-state index is 13.5. The monoisotopic (exact) mass is 489 g/mol. The molecule has 1 aliphatic rings.